The van der Waals surface area contributed by atoms with E-state index in [1.807, 2.05) is 12.3 Å². The van der Waals surface area contributed by atoms with Gasteiger partial charge in [0.25, 0.3) is 0 Å². The second-order valence-corrected chi connectivity index (χ2v) is 4.32. The van der Waals surface area contributed by atoms with Crippen molar-refractivity contribution in [3.05, 3.63) is 41.7 Å². The number of hydrogen-bond donors (Lipinski definition) is 1. The molecule has 94 valence electrons. The Kier molecular flexibility index (Phi) is 5.92. The summed E-state index contributed by atoms with van der Waals surface area (Å²) in [6, 6.07) is 4.49. The van der Waals surface area contributed by atoms with Crippen LogP contribution in [0.1, 0.15) is 50.9 Å². The van der Waals surface area contributed by atoms with Crippen LogP contribution < -0.4 is 5.32 Å². The van der Waals surface area contributed by atoms with Crippen LogP contribution in [0.3, 0.4) is 0 Å². The smallest absolute Gasteiger partial charge is 0.0608 e. The van der Waals surface area contributed by atoms with Gasteiger partial charge in [0.2, 0.25) is 0 Å². The van der Waals surface area contributed by atoms with Gasteiger partial charge < -0.3 is 5.32 Å². The van der Waals surface area contributed by atoms with E-state index in [4.69, 9.17) is 0 Å². The second-order valence-electron chi connectivity index (χ2n) is 4.32. The Labute approximate surface area is 105 Å². The van der Waals surface area contributed by atoms with Crippen LogP contribution in [-0.2, 0) is 6.42 Å². The second kappa shape index (κ2) is 7.23. The third-order valence-corrected chi connectivity index (χ3v) is 3.08. The van der Waals surface area contributed by atoms with Gasteiger partial charge in [0.05, 0.1) is 11.7 Å². The minimum atomic E-state index is 0.309. The summed E-state index contributed by atoms with van der Waals surface area (Å²) >= 11 is 0. The van der Waals surface area contributed by atoms with Crippen molar-refractivity contribution in [3.63, 3.8) is 0 Å². The van der Waals surface area contributed by atoms with E-state index in [-0.39, 0.29) is 0 Å². The predicted octanol–water partition coefficient (Wildman–Crippen LogP) is 3.65. The molecule has 2 heteroatoms. The van der Waals surface area contributed by atoms with Gasteiger partial charge in [-0.15, -0.1) is 0 Å². The quantitative estimate of drug-likeness (QED) is 0.726. The topological polar surface area (TPSA) is 24.9 Å². The van der Waals surface area contributed by atoms with Gasteiger partial charge >= 0.3 is 0 Å². The summed E-state index contributed by atoms with van der Waals surface area (Å²) in [4.78, 5) is 4.55. The molecule has 0 amide bonds. The molecule has 1 aromatic rings. The molecule has 1 atom stereocenters. The predicted molar refractivity (Wildman–Crippen MR) is 74.1 cm³/mol. The highest BCUT2D eigenvalue weighted by atomic mass is 14.9. The molecule has 0 fully saturated rings. The summed E-state index contributed by atoms with van der Waals surface area (Å²) < 4.78 is 0. The highest BCUT2D eigenvalue weighted by molar-refractivity contribution is 5.24. The molecule has 1 unspecified atom stereocenters. The first-order chi connectivity index (χ1) is 8.22. The Hall–Kier alpha value is -1.15. The first-order valence-corrected chi connectivity index (χ1v) is 6.56. The Bertz CT molecular complexity index is 358. The normalized spacial score (nSPS) is 12.4. The van der Waals surface area contributed by atoms with Crippen LogP contribution in [0, 0.1) is 0 Å². The van der Waals surface area contributed by atoms with Crippen LogP contribution >= 0.6 is 0 Å². The zero-order valence-electron chi connectivity index (χ0n) is 11.3. The number of nitrogens with zero attached hydrogens (tertiary/aromatic N) is 1. The fraction of sp³-hybridized carbons (Fsp3) is 0.533. The molecule has 0 saturated carbocycles. The molecule has 1 N–H and O–H groups in total. The maximum atomic E-state index is 4.55. The summed E-state index contributed by atoms with van der Waals surface area (Å²) in [5.74, 6) is 0. The summed E-state index contributed by atoms with van der Waals surface area (Å²) in [6.07, 6.45) is 4.93. The molecular formula is C15H24N2. The van der Waals surface area contributed by atoms with E-state index in [9.17, 15) is 0 Å². The van der Waals surface area contributed by atoms with E-state index in [0.29, 0.717) is 6.04 Å². The molecule has 0 saturated heterocycles. The SMILES string of the molecule is C=C(CC)CC(NCC)c1ncccc1CC. The van der Waals surface area contributed by atoms with E-state index in [2.05, 4.69) is 43.7 Å². The van der Waals surface area contributed by atoms with Crippen LogP contribution in [0.15, 0.2) is 30.5 Å². The Morgan fingerprint density at radius 1 is 1.41 bits per heavy atom. The number of aromatic nitrogens is 1. The van der Waals surface area contributed by atoms with Gasteiger partial charge in [-0.3, -0.25) is 4.98 Å². The summed E-state index contributed by atoms with van der Waals surface area (Å²) in [5, 5.41) is 3.52. The minimum absolute atomic E-state index is 0.309. The van der Waals surface area contributed by atoms with Gasteiger partial charge in [-0.2, -0.15) is 0 Å². The third-order valence-electron chi connectivity index (χ3n) is 3.08. The van der Waals surface area contributed by atoms with Crippen molar-refractivity contribution in [2.24, 2.45) is 0 Å². The van der Waals surface area contributed by atoms with Crippen molar-refractivity contribution in [1.82, 2.24) is 10.3 Å². The van der Waals surface area contributed by atoms with Crippen molar-refractivity contribution in [2.75, 3.05) is 6.54 Å². The average molecular weight is 232 g/mol. The first-order valence-electron chi connectivity index (χ1n) is 6.56. The van der Waals surface area contributed by atoms with E-state index in [1.54, 1.807) is 0 Å². The summed E-state index contributed by atoms with van der Waals surface area (Å²) in [6.45, 7) is 11.5. The molecule has 0 spiro atoms. The molecular weight excluding hydrogens is 208 g/mol. The third kappa shape index (κ3) is 3.97. The van der Waals surface area contributed by atoms with Crippen LogP contribution in [0.2, 0.25) is 0 Å². The lowest BCUT2D eigenvalue weighted by atomic mass is 9.98. The number of pyridine rings is 1. The molecule has 1 heterocycles. The summed E-state index contributed by atoms with van der Waals surface area (Å²) in [7, 11) is 0. The Morgan fingerprint density at radius 2 is 2.18 bits per heavy atom. The highest BCUT2D eigenvalue weighted by Crippen LogP contribution is 2.23. The molecule has 0 radical (unpaired) electrons. The molecule has 1 rings (SSSR count). The molecule has 1 aromatic heterocycles. The molecule has 0 aliphatic rings. The van der Waals surface area contributed by atoms with Crippen molar-refractivity contribution in [1.29, 1.82) is 0 Å². The van der Waals surface area contributed by atoms with Crippen molar-refractivity contribution in [3.8, 4) is 0 Å². The van der Waals surface area contributed by atoms with E-state index >= 15 is 0 Å². The maximum Gasteiger partial charge on any atom is 0.0608 e. The average Bonchev–Trinajstić information content (AvgIpc) is 2.38. The van der Waals surface area contributed by atoms with Gasteiger partial charge in [-0.1, -0.05) is 39.0 Å². The molecule has 0 aromatic carbocycles. The molecule has 0 aliphatic heterocycles. The van der Waals surface area contributed by atoms with Gasteiger partial charge in [-0.05, 0) is 37.4 Å². The summed E-state index contributed by atoms with van der Waals surface area (Å²) in [5.41, 5.74) is 3.80. The molecule has 0 bridgehead atoms. The zero-order valence-corrected chi connectivity index (χ0v) is 11.3. The van der Waals surface area contributed by atoms with Crippen molar-refractivity contribution in [2.45, 2.75) is 46.1 Å². The zero-order chi connectivity index (χ0) is 12.7. The van der Waals surface area contributed by atoms with Crippen molar-refractivity contribution >= 4 is 0 Å². The molecule has 0 aliphatic carbocycles. The standard InChI is InChI=1S/C15H24N2/c1-5-12(4)11-14(16-7-3)15-13(6-2)9-8-10-17-15/h8-10,14,16H,4-7,11H2,1-3H3. The van der Waals surface area contributed by atoms with Gasteiger partial charge in [0.1, 0.15) is 0 Å². The van der Waals surface area contributed by atoms with Crippen molar-refractivity contribution < 1.29 is 0 Å². The molecule has 2 nitrogen and oxygen atoms in total. The minimum Gasteiger partial charge on any atom is -0.309 e. The van der Waals surface area contributed by atoms with Gasteiger partial charge in [0.15, 0.2) is 0 Å². The van der Waals surface area contributed by atoms with E-state index < -0.39 is 0 Å². The monoisotopic (exact) mass is 232 g/mol. The highest BCUT2D eigenvalue weighted by Gasteiger charge is 2.15. The number of nitrogens with one attached hydrogen (secondary N) is 1. The molecule has 17 heavy (non-hydrogen) atoms. The van der Waals surface area contributed by atoms with Gasteiger partial charge in [0, 0.05) is 6.20 Å². The van der Waals surface area contributed by atoms with E-state index in [1.165, 1.54) is 16.8 Å². The largest absolute Gasteiger partial charge is 0.309 e. The maximum absolute atomic E-state index is 4.55. The lowest BCUT2D eigenvalue weighted by Gasteiger charge is -2.20. The van der Waals surface area contributed by atoms with Crippen LogP contribution in [0.4, 0.5) is 0 Å². The van der Waals surface area contributed by atoms with E-state index in [0.717, 1.165) is 25.8 Å². The fourth-order valence-corrected chi connectivity index (χ4v) is 2.01. The fourth-order valence-electron chi connectivity index (χ4n) is 2.01. The lowest BCUT2D eigenvalue weighted by molar-refractivity contribution is 0.526. The number of aryl methyl sites for hydroxylation is 1. The van der Waals surface area contributed by atoms with Crippen LogP contribution in [0.25, 0.3) is 0 Å². The number of hydrogen-bond acceptors (Lipinski definition) is 2. The van der Waals surface area contributed by atoms with Crippen LogP contribution in [-0.4, -0.2) is 11.5 Å². The Balaban J connectivity index is 2.91. The van der Waals surface area contributed by atoms with Crippen LogP contribution in [0.5, 0.6) is 0 Å². The number of rotatable bonds is 7. The first kappa shape index (κ1) is 13.9. The Morgan fingerprint density at radius 3 is 2.76 bits per heavy atom. The lowest BCUT2D eigenvalue weighted by Crippen LogP contribution is -2.23. The van der Waals surface area contributed by atoms with Gasteiger partial charge in [-0.25, -0.2) is 0 Å².